The predicted molar refractivity (Wildman–Crippen MR) is 70.1 cm³/mol. The van der Waals surface area contributed by atoms with E-state index in [4.69, 9.17) is 5.73 Å². The first kappa shape index (κ1) is 12.3. The zero-order chi connectivity index (χ0) is 12.3. The lowest BCUT2D eigenvalue weighted by Crippen LogP contribution is -2.32. The van der Waals surface area contributed by atoms with Crippen LogP contribution in [0.15, 0.2) is 29.2 Å². The van der Waals surface area contributed by atoms with Crippen molar-refractivity contribution < 1.29 is 4.79 Å². The molecule has 5 heteroatoms. The largest absolute Gasteiger partial charge is 0.329 e. The van der Waals surface area contributed by atoms with Crippen molar-refractivity contribution in [3.05, 3.63) is 29.8 Å². The Labute approximate surface area is 106 Å². The average Bonchev–Trinajstić information content (AvgIpc) is 2.72. The van der Waals surface area contributed by atoms with E-state index in [9.17, 15) is 4.79 Å². The fraction of sp³-hybridized carbons (Fsp3) is 0.417. The molecule has 0 aromatic heterocycles. The van der Waals surface area contributed by atoms with E-state index in [1.165, 1.54) is 4.90 Å². The second-order valence-corrected chi connectivity index (χ2v) is 4.89. The first-order chi connectivity index (χ1) is 8.24. The molecular weight excluding hydrogens is 234 g/mol. The number of hydrogen-bond acceptors (Lipinski definition) is 3. The Morgan fingerprint density at radius 3 is 2.76 bits per heavy atom. The Bertz CT molecular complexity index is 393. The van der Waals surface area contributed by atoms with E-state index in [1.54, 1.807) is 16.7 Å². The van der Waals surface area contributed by atoms with Crippen LogP contribution in [0, 0.1) is 0 Å². The van der Waals surface area contributed by atoms with Crippen LogP contribution in [-0.4, -0.2) is 36.8 Å². The maximum atomic E-state index is 11.6. The van der Waals surface area contributed by atoms with Gasteiger partial charge in [-0.3, -0.25) is 0 Å². The molecule has 0 aliphatic carbocycles. The average molecular weight is 251 g/mol. The van der Waals surface area contributed by atoms with Crippen molar-refractivity contribution in [2.45, 2.75) is 10.9 Å². The fourth-order valence-corrected chi connectivity index (χ4v) is 2.37. The van der Waals surface area contributed by atoms with Crippen LogP contribution in [0.25, 0.3) is 0 Å². The van der Waals surface area contributed by atoms with E-state index in [0.717, 1.165) is 5.56 Å². The van der Waals surface area contributed by atoms with E-state index in [0.29, 0.717) is 19.6 Å². The number of amides is 2. The topological polar surface area (TPSA) is 58.4 Å². The minimum atomic E-state index is -0.0191. The van der Waals surface area contributed by atoms with E-state index >= 15 is 0 Å². The first-order valence-corrected chi connectivity index (χ1v) is 6.86. The molecule has 1 aliphatic heterocycles. The number of urea groups is 1. The summed E-state index contributed by atoms with van der Waals surface area (Å²) in [5.74, 6) is 0. The Morgan fingerprint density at radius 2 is 2.18 bits per heavy atom. The van der Waals surface area contributed by atoms with Crippen molar-refractivity contribution >= 4 is 17.8 Å². The number of hydrogen-bond donors (Lipinski definition) is 2. The molecule has 1 aromatic carbocycles. The molecule has 0 saturated carbocycles. The van der Waals surface area contributed by atoms with Gasteiger partial charge in [-0.25, -0.2) is 4.79 Å². The molecule has 1 aromatic rings. The SMILES string of the molecule is CSc1ccc(C2CN(CCN)C(=O)N2)cc1. The van der Waals surface area contributed by atoms with Crippen LogP contribution in [0.3, 0.4) is 0 Å². The van der Waals surface area contributed by atoms with Crippen molar-refractivity contribution in [1.82, 2.24) is 10.2 Å². The van der Waals surface area contributed by atoms with E-state index < -0.39 is 0 Å². The maximum Gasteiger partial charge on any atom is 0.318 e. The predicted octanol–water partition coefficient (Wildman–Crippen LogP) is 1.43. The molecule has 1 saturated heterocycles. The normalized spacial score (nSPS) is 19.5. The van der Waals surface area contributed by atoms with Crippen LogP contribution in [0.1, 0.15) is 11.6 Å². The zero-order valence-corrected chi connectivity index (χ0v) is 10.7. The highest BCUT2D eigenvalue weighted by Gasteiger charge is 2.28. The molecule has 2 amide bonds. The summed E-state index contributed by atoms with van der Waals surface area (Å²) in [6.07, 6.45) is 2.05. The Balaban J connectivity index is 2.06. The van der Waals surface area contributed by atoms with Gasteiger partial charge in [-0.15, -0.1) is 11.8 Å². The third-order valence-corrected chi connectivity index (χ3v) is 3.65. The minimum Gasteiger partial charge on any atom is -0.329 e. The molecule has 0 radical (unpaired) electrons. The van der Waals surface area contributed by atoms with Gasteiger partial charge in [-0.1, -0.05) is 12.1 Å². The summed E-state index contributed by atoms with van der Waals surface area (Å²) in [5.41, 5.74) is 6.62. The summed E-state index contributed by atoms with van der Waals surface area (Å²) < 4.78 is 0. The van der Waals surface area contributed by atoms with Gasteiger partial charge in [-0.2, -0.15) is 0 Å². The Kier molecular flexibility index (Phi) is 3.91. The van der Waals surface area contributed by atoms with Gasteiger partial charge in [-0.05, 0) is 24.0 Å². The van der Waals surface area contributed by atoms with E-state index in [2.05, 4.69) is 35.8 Å². The van der Waals surface area contributed by atoms with Gasteiger partial charge >= 0.3 is 6.03 Å². The van der Waals surface area contributed by atoms with Gasteiger partial charge in [0.15, 0.2) is 0 Å². The van der Waals surface area contributed by atoms with Gasteiger partial charge in [0.05, 0.1) is 6.04 Å². The lowest BCUT2D eigenvalue weighted by atomic mass is 10.1. The van der Waals surface area contributed by atoms with Crippen LogP contribution in [-0.2, 0) is 0 Å². The number of thioether (sulfide) groups is 1. The van der Waals surface area contributed by atoms with Crippen molar-refractivity contribution in [2.75, 3.05) is 25.9 Å². The number of nitrogens with one attached hydrogen (secondary N) is 1. The minimum absolute atomic E-state index is 0.0191. The summed E-state index contributed by atoms with van der Waals surface area (Å²) >= 11 is 1.71. The second-order valence-electron chi connectivity index (χ2n) is 4.01. The molecule has 1 heterocycles. The standard InChI is InChI=1S/C12H17N3OS/c1-17-10-4-2-9(3-5-10)11-8-15(7-6-13)12(16)14-11/h2-5,11H,6-8,13H2,1H3,(H,14,16). The summed E-state index contributed by atoms with van der Waals surface area (Å²) in [4.78, 5) is 14.6. The van der Waals surface area contributed by atoms with Gasteiger partial charge < -0.3 is 16.0 Å². The highest BCUT2D eigenvalue weighted by Crippen LogP contribution is 2.22. The van der Waals surface area contributed by atoms with Crippen molar-refractivity contribution in [2.24, 2.45) is 5.73 Å². The molecule has 0 spiro atoms. The third-order valence-electron chi connectivity index (χ3n) is 2.91. The smallest absolute Gasteiger partial charge is 0.318 e. The number of carbonyl (C=O) groups excluding carboxylic acids is 1. The Hall–Kier alpha value is -1.20. The van der Waals surface area contributed by atoms with E-state index in [-0.39, 0.29) is 12.1 Å². The molecular formula is C12H17N3OS. The first-order valence-electron chi connectivity index (χ1n) is 5.64. The number of nitrogens with zero attached hydrogens (tertiary/aromatic N) is 1. The lowest BCUT2D eigenvalue weighted by molar-refractivity contribution is 0.218. The molecule has 4 nitrogen and oxygen atoms in total. The van der Waals surface area contributed by atoms with Crippen molar-refractivity contribution in [3.8, 4) is 0 Å². The summed E-state index contributed by atoms with van der Waals surface area (Å²) in [6, 6.07) is 8.38. The number of nitrogens with two attached hydrogens (primary N) is 1. The molecule has 92 valence electrons. The molecule has 1 unspecified atom stereocenters. The molecule has 1 atom stereocenters. The van der Waals surface area contributed by atoms with Crippen molar-refractivity contribution in [1.29, 1.82) is 0 Å². The Morgan fingerprint density at radius 1 is 1.47 bits per heavy atom. The fourth-order valence-electron chi connectivity index (χ4n) is 1.96. The van der Waals surface area contributed by atoms with Crippen LogP contribution >= 0.6 is 11.8 Å². The highest BCUT2D eigenvalue weighted by atomic mass is 32.2. The van der Waals surface area contributed by atoms with Crippen LogP contribution in [0.4, 0.5) is 4.79 Å². The molecule has 0 bridgehead atoms. The maximum absolute atomic E-state index is 11.6. The van der Waals surface area contributed by atoms with Gasteiger partial charge in [0.1, 0.15) is 0 Å². The van der Waals surface area contributed by atoms with Gasteiger partial charge in [0.2, 0.25) is 0 Å². The van der Waals surface area contributed by atoms with Crippen LogP contribution in [0.2, 0.25) is 0 Å². The molecule has 17 heavy (non-hydrogen) atoms. The summed E-state index contributed by atoms with van der Waals surface area (Å²) in [6.45, 7) is 1.82. The number of rotatable bonds is 4. The van der Waals surface area contributed by atoms with Crippen LogP contribution < -0.4 is 11.1 Å². The second kappa shape index (κ2) is 5.42. The molecule has 3 N–H and O–H groups in total. The molecule has 2 rings (SSSR count). The third kappa shape index (κ3) is 2.73. The summed E-state index contributed by atoms with van der Waals surface area (Å²) in [5, 5.41) is 2.97. The number of carbonyl (C=O) groups is 1. The number of benzene rings is 1. The highest BCUT2D eigenvalue weighted by molar-refractivity contribution is 7.98. The molecule has 1 aliphatic rings. The zero-order valence-electron chi connectivity index (χ0n) is 9.85. The van der Waals surface area contributed by atoms with Gasteiger partial charge in [0.25, 0.3) is 0 Å². The van der Waals surface area contributed by atoms with Gasteiger partial charge in [0, 0.05) is 24.5 Å². The van der Waals surface area contributed by atoms with Crippen LogP contribution in [0.5, 0.6) is 0 Å². The molecule has 1 fully saturated rings. The monoisotopic (exact) mass is 251 g/mol. The summed E-state index contributed by atoms with van der Waals surface area (Å²) in [7, 11) is 0. The lowest BCUT2D eigenvalue weighted by Gasteiger charge is -2.13. The van der Waals surface area contributed by atoms with E-state index in [1.807, 2.05) is 0 Å². The quantitative estimate of drug-likeness (QED) is 0.796. The van der Waals surface area contributed by atoms with Crippen molar-refractivity contribution in [3.63, 3.8) is 0 Å².